The number of aryl methyl sites for hydroxylation is 1. The van der Waals surface area contributed by atoms with Crippen molar-refractivity contribution in [2.45, 2.75) is 63.3 Å². The van der Waals surface area contributed by atoms with Crippen molar-refractivity contribution in [3.63, 3.8) is 0 Å². The summed E-state index contributed by atoms with van der Waals surface area (Å²) in [6.45, 7) is 4.03. The normalized spacial score (nSPS) is 12.4. The summed E-state index contributed by atoms with van der Waals surface area (Å²) in [7, 11) is -3.59. The minimum Gasteiger partial charge on any atom is -0.422 e. The average molecular weight is 509 g/mol. The van der Waals surface area contributed by atoms with Crippen molar-refractivity contribution in [2.75, 3.05) is 12.4 Å². The molecule has 0 spiro atoms. The van der Waals surface area contributed by atoms with E-state index in [1.165, 1.54) is 0 Å². The first-order valence-corrected chi connectivity index (χ1v) is 12.9. The molecule has 184 valence electrons. The zero-order valence-corrected chi connectivity index (χ0v) is 19.9. The van der Waals surface area contributed by atoms with E-state index >= 15 is 0 Å². The van der Waals surface area contributed by atoms with E-state index in [9.17, 15) is 26.4 Å². The van der Waals surface area contributed by atoms with Crippen LogP contribution in [0.25, 0.3) is 11.0 Å². The Labute approximate surface area is 195 Å². The minimum atomic E-state index is -4.82. The second-order valence-corrected chi connectivity index (χ2v) is 10.1. The van der Waals surface area contributed by atoms with Gasteiger partial charge in [-0.25, -0.2) is 4.79 Å². The highest BCUT2D eigenvalue weighted by atomic mass is 32.2. The molecule has 2 aromatic rings. The molecule has 0 N–H and O–H groups in total. The number of thioether (sulfide) groups is 1. The molecule has 1 heterocycles. The van der Waals surface area contributed by atoms with Crippen LogP contribution in [0.4, 0.5) is 13.2 Å². The second kappa shape index (κ2) is 12.6. The fraction of sp³-hybridized carbons (Fsp3) is 0.500. The van der Waals surface area contributed by atoms with Gasteiger partial charge in [0, 0.05) is 10.3 Å². The van der Waals surface area contributed by atoms with Gasteiger partial charge in [-0.05, 0) is 49.3 Å². The third-order valence-corrected chi connectivity index (χ3v) is 6.88. The van der Waals surface area contributed by atoms with Crippen molar-refractivity contribution in [3.8, 4) is 0 Å². The fourth-order valence-electron chi connectivity index (χ4n) is 3.11. The van der Waals surface area contributed by atoms with Gasteiger partial charge >= 0.3 is 12.0 Å². The average Bonchev–Trinajstić information content (AvgIpc) is 2.74. The molecular weight excluding hydrogens is 481 g/mol. The summed E-state index contributed by atoms with van der Waals surface area (Å²) in [6.07, 6.45) is 0.778. The van der Waals surface area contributed by atoms with Crippen LogP contribution in [0, 0.1) is 6.92 Å². The Morgan fingerprint density at radius 3 is 2.45 bits per heavy atom. The molecule has 2 rings (SSSR count). The first kappa shape index (κ1) is 27.4. The monoisotopic (exact) mass is 508 g/mol. The highest BCUT2D eigenvalue weighted by molar-refractivity contribution is 7.99. The van der Waals surface area contributed by atoms with Crippen LogP contribution in [0.1, 0.15) is 49.7 Å². The molecule has 0 atom stereocenters. The highest BCUT2D eigenvalue weighted by Crippen LogP contribution is 2.28. The molecular formula is C22H27F3O6S2. The predicted molar refractivity (Wildman–Crippen MR) is 122 cm³/mol. The van der Waals surface area contributed by atoms with Crippen LogP contribution in [-0.4, -0.2) is 27.1 Å². The molecule has 0 aliphatic rings. The number of benzene rings is 1. The Bertz CT molecular complexity index is 1090. The molecule has 0 saturated heterocycles. The van der Waals surface area contributed by atoms with Gasteiger partial charge in [0.25, 0.3) is 10.1 Å². The lowest BCUT2D eigenvalue weighted by Crippen LogP contribution is -2.18. The lowest BCUT2D eigenvalue weighted by molar-refractivity contribution is -0.330. The van der Waals surface area contributed by atoms with Crippen molar-refractivity contribution >= 4 is 32.8 Å². The van der Waals surface area contributed by atoms with Crippen molar-refractivity contribution < 1.29 is 34.9 Å². The number of alkyl halides is 3. The van der Waals surface area contributed by atoms with Gasteiger partial charge in [-0.15, -0.1) is 24.9 Å². The van der Waals surface area contributed by atoms with E-state index in [0.717, 1.165) is 48.2 Å². The maximum atomic E-state index is 12.3. The number of fused-ring (bicyclic) bond motifs is 1. The van der Waals surface area contributed by atoms with Crippen molar-refractivity contribution in [3.05, 3.63) is 51.7 Å². The zero-order valence-electron chi connectivity index (χ0n) is 18.3. The molecule has 0 amide bonds. The third-order valence-electron chi connectivity index (χ3n) is 4.90. The van der Waals surface area contributed by atoms with E-state index in [-0.39, 0.29) is 12.2 Å². The molecule has 1 aromatic carbocycles. The first-order valence-electron chi connectivity index (χ1n) is 10.4. The Hall–Kier alpha value is -1.82. The van der Waals surface area contributed by atoms with Crippen LogP contribution in [0.5, 0.6) is 0 Å². The van der Waals surface area contributed by atoms with Crippen LogP contribution in [0.15, 0.2) is 44.3 Å². The molecule has 0 radical (unpaired) electrons. The van der Waals surface area contributed by atoms with Gasteiger partial charge in [-0.3, -0.25) is 8.92 Å². The smallest absolute Gasteiger partial charge is 0.422 e. The second-order valence-electron chi connectivity index (χ2n) is 7.34. The Kier molecular flexibility index (Phi) is 10.5. The predicted octanol–water partition coefficient (Wildman–Crippen LogP) is 6.06. The van der Waals surface area contributed by atoms with E-state index in [0.29, 0.717) is 23.0 Å². The van der Waals surface area contributed by atoms with E-state index < -0.39 is 28.7 Å². The van der Waals surface area contributed by atoms with E-state index in [1.807, 2.05) is 6.07 Å². The van der Waals surface area contributed by atoms with Crippen molar-refractivity contribution in [2.24, 2.45) is 0 Å². The number of rotatable bonds is 14. The number of ether oxygens (including phenoxy) is 1. The first-order chi connectivity index (χ1) is 15.5. The summed E-state index contributed by atoms with van der Waals surface area (Å²) in [5, 5.41) is 1.37. The zero-order chi connectivity index (χ0) is 24.5. The number of unbranched alkanes of at least 4 members (excludes halogenated alkanes) is 5. The van der Waals surface area contributed by atoms with Crippen LogP contribution >= 0.6 is 11.8 Å². The van der Waals surface area contributed by atoms with E-state index in [2.05, 4.69) is 11.3 Å². The van der Waals surface area contributed by atoms with Crippen LogP contribution in [0.2, 0.25) is 0 Å². The van der Waals surface area contributed by atoms with Gasteiger partial charge < -0.3 is 4.42 Å². The SMILES string of the molecule is C=CS(=O)(=O)OCCCCCCCCSc1ccc2c(C)c(COC(F)(F)F)c(=O)oc2c1. The molecule has 33 heavy (non-hydrogen) atoms. The lowest BCUT2D eigenvalue weighted by atomic mass is 10.1. The van der Waals surface area contributed by atoms with Gasteiger partial charge in [0.05, 0.1) is 24.2 Å². The number of hydrogen-bond donors (Lipinski definition) is 0. The third kappa shape index (κ3) is 9.52. The molecule has 11 heteroatoms. The van der Waals surface area contributed by atoms with Crippen molar-refractivity contribution in [1.82, 2.24) is 0 Å². The summed E-state index contributed by atoms with van der Waals surface area (Å²) in [5.74, 6) is 0.868. The Morgan fingerprint density at radius 1 is 1.12 bits per heavy atom. The quantitative estimate of drug-likeness (QED) is 0.133. The molecule has 0 fully saturated rings. The van der Waals surface area contributed by atoms with Crippen LogP contribution in [-0.2, 0) is 25.6 Å². The lowest BCUT2D eigenvalue weighted by Gasteiger charge is -2.11. The summed E-state index contributed by atoms with van der Waals surface area (Å²) >= 11 is 1.61. The molecule has 0 aliphatic heterocycles. The highest BCUT2D eigenvalue weighted by Gasteiger charge is 2.30. The standard InChI is InChI=1S/C22H27F3O6S2/c1-3-33(27,28)30-12-8-6-4-5-7-9-13-32-17-10-11-18-16(2)19(15-29-22(23,24)25)21(26)31-20(18)14-17/h3,10-11,14H,1,4-9,12-13,15H2,2H3. The summed E-state index contributed by atoms with van der Waals surface area (Å²) in [5.41, 5.74) is -0.235. The van der Waals surface area contributed by atoms with Gasteiger partial charge in [0.1, 0.15) is 5.58 Å². The van der Waals surface area contributed by atoms with E-state index in [1.54, 1.807) is 30.8 Å². The Morgan fingerprint density at radius 2 is 1.79 bits per heavy atom. The van der Waals surface area contributed by atoms with E-state index in [4.69, 9.17) is 8.60 Å². The largest absolute Gasteiger partial charge is 0.522 e. The van der Waals surface area contributed by atoms with Crippen LogP contribution < -0.4 is 5.63 Å². The topological polar surface area (TPSA) is 82.8 Å². The van der Waals surface area contributed by atoms with Gasteiger partial charge in [-0.2, -0.15) is 8.42 Å². The maximum absolute atomic E-state index is 12.3. The molecule has 6 nitrogen and oxygen atoms in total. The summed E-state index contributed by atoms with van der Waals surface area (Å²) in [4.78, 5) is 13.0. The Balaban J connectivity index is 1.75. The minimum absolute atomic E-state index is 0.144. The summed E-state index contributed by atoms with van der Waals surface area (Å²) < 4.78 is 72.8. The number of halogens is 3. The molecule has 0 saturated carbocycles. The van der Waals surface area contributed by atoms with Crippen LogP contribution in [0.3, 0.4) is 0 Å². The maximum Gasteiger partial charge on any atom is 0.522 e. The number of hydrogen-bond acceptors (Lipinski definition) is 7. The van der Waals surface area contributed by atoms with Gasteiger partial charge in [0.15, 0.2) is 0 Å². The fourth-order valence-corrected chi connectivity index (χ4v) is 4.49. The molecule has 0 unspecified atom stereocenters. The molecule has 1 aromatic heterocycles. The van der Waals surface area contributed by atoms with Gasteiger partial charge in [0.2, 0.25) is 0 Å². The molecule has 0 bridgehead atoms. The molecule has 0 aliphatic carbocycles. The van der Waals surface area contributed by atoms with Crippen molar-refractivity contribution in [1.29, 1.82) is 0 Å². The summed E-state index contributed by atoms with van der Waals surface area (Å²) in [6, 6.07) is 5.31. The van der Waals surface area contributed by atoms with Gasteiger partial charge in [-0.1, -0.05) is 32.3 Å².